The second kappa shape index (κ2) is 8.07. The molecule has 0 bridgehead atoms. The first-order valence-corrected chi connectivity index (χ1v) is 11.4. The van der Waals surface area contributed by atoms with Gasteiger partial charge in [-0.15, -0.1) is 0 Å². The molecule has 1 aromatic heterocycles. The van der Waals surface area contributed by atoms with Crippen molar-refractivity contribution in [1.29, 1.82) is 0 Å². The molecule has 1 saturated carbocycles. The molecule has 1 amide bonds. The Morgan fingerprint density at radius 2 is 1.76 bits per heavy atom. The maximum absolute atomic E-state index is 13.3. The minimum Gasteiger partial charge on any atom is -0.318 e. The summed E-state index contributed by atoms with van der Waals surface area (Å²) in [7, 11) is 1.91. The number of hydrogen-bond acceptors (Lipinski definition) is 2. The van der Waals surface area contributed by atoms with E-state index in [0.29, 0.717) is 10.8 Å². The number of nitrogens with zero attached hydrogens (tertiary/aromatic N) is 3. The summed E-state index contributed by atoms with van der Waals surface area (Å²) in [6, 6.07) is 10.6. The number of carbonyl (C=O) groups is 1. The highest BCUT2D eigenvalue weighted by Crippen LogP contribution is 2.32. The van der Waals surface area contributed by atoms with E-state index in [-0.39, 0.29) is 11.9 Å². The van der Waals surface area contributed by atoms with E-state index in [1.54, 1.807) is 0 Å². The van der Waals surface area contributed by atoms with Gasteiger partial charge in [-0.25, -0.2) is 0 Å². The van der Waals surface area contributed by atoms with Gasteiger partial charge in [0.1, 0.15) is 5.70 Å². The molecule has 2 aromatic rings. The first kappa shape index (κ1) is 20.4. The van der Waals surface area contributed by atoms with Crippen LogP contribution in [0.4, 0.5) is 0 Å². The summed E-state index contributed by atoms with van der Waals surface area (Å²) in [4.78, 5) is 17.0. The normalized spacial score (nSPS) is 19.7. The van der Waals surface area contributed by atoms with Crippen molar-refractivity contribution in [3.63, 3.8) is 0 Å². The van der Waals surface area contributed by atoms with E-state index in [2.05, 4.69) is 52.5 Å². The molecule has 152 valence electrons. The molecule has 0 atom stereocenters. The van der Waals surface area contributed by atoms with Gasteiger partial charge in [-0.1, -0.05) is 35.2 Å². The third-order valence-electron chi connectivity index (χ3n) is 6.08. The van der Waals surface area contributed by atoms with Crippen LogP contribution in [0.2, 0.25) is 0 Å². The summed E-state index contributed by atoms with van der Waals surface area (Å²) in [6.45, 7) is 4.19. The van der Waals surface area contributed by atoms with Crippen molar-refractivity contribution in [2.24, 2.45) is 0 Å². The zero-order valence-electron chi connectivity index (χ0n) is 17.1. The quantitative estimate of drug-likeness (QED) is 0.431. The second-order valence-electron chi connectivity index (χ2n) is 7.98. The Bertz CT molecular complexity index is 986. The molecule has 1 aliphatic heterocycles. The number of hydrogen-bond donors (Lipinski definition) is 0. The second-order valence-corrected chi connectivity index (χ2v) is 9.26. The zero-order chi connectivity index (χ0) is 20.7. The van der Waals surface area contributed by atoms with E-state index in [4.69, 9.17) is 12.2 Å². The van der Waals surface area contributed by atoms with Crippen molar-refractivity contribution < 1.29 is 4.79 Å². The molecule has 2 aliphatic rings. The summed E-state index contributed by atoms with van der Waals surface area (Å²) in [5, 5.41) is 0.634. The largest absolute Gasteiger partial charge is 0.318 e. The Hall–Kier alpha value is -1.92. The molecule has 1 aromatic carbocycles. The molecule has 2 heterocycles. The van der Waals surface area contributed by atoms with Crippen LogP contribution in [0.25, 0.3) is 11.8 Å². The fourth-order valence-corrected chi connectivity index (χ4v) is 5.10. The molecule has 2 fully saturated rings. The van der Waals surface area contributed by atoms with Crippen LogP contribution in [0.1, 0.15) is 49.1 Å². The number of amides is 1. The maximum Gasteiger partial charge on any atom is 0.277 e. The lowest BCUT2D eigenvalue weighted by Crippen LogP contribution is -2.41. The van der Waals surface area contributed by atoms with Gasteiger partial charge in [0.15, 0.2) is 5.11 Å². The average Bonchev–Trinajstić information content (AvgIpc) is 3.11. The number of halogens is 1. The van der Waals surface area contributed by atoms with Crippen molar-refractivity contribution in [3.8, 4) is 5.69 Å². The SMILES string of the molecule is Cc1cc(/C=C2/C(=O)N(C3CCCCC3)C(=S)N2C)c(C)n1-c1ccc(Br)cc1. The van der Waals surface area contributed by atoms with Gasteiger partial charge in [0.05, 0.1) is 0 Å². The van der Waals surface area contributed by atoms with Crippen LogP contribution >= 0.6 is 28.1 Å². The van der Waals surface area contributed by atoms with Crippen LogP contribution in [-0.4, -0.2) is 38.5 Å². The van der Waals surface area contributed by atoms with Gasteiger partial charge in [0.25, 0.3) is 5.91 Å². The Morgan fingerprint density at radius 3 is 2.41 bits per heavy atom. The van der Waals surface area contributed by atoms with Crippen LogP contribution in [-0.2, 0) is 4.79 Å². The number of carbonyl (C=O) groups excluding carboxylic acids is 1. The van der Waals surface area contributed by atoms with Gasteiger partial charge in [0, 0.05) is 34.6 Å². The molecule has 1 saturated heterocycles. The number of likely N-dealkylation sites (N-methyl/N-ethyl adjacent to an activating group) is 1. The first-order chi connectivity index (χ1) is 13.9. The molecule has 0 radical (unpaired) electrons. The van der Waals surface area contributed by atoms with E-state index in [1.165, 1.54) is 19.3 Å². The topological polar surface area (TPSA) is 28.5 Å². The van der Waals surface area contributed by atoms with Crippen LogP contribution < -0.4 is 0 Å². The molecule has 0 N–H and O–H groups in total. The van der Waals surface area contributed by atoms with Gasteiger partial charge in [-0.3, -0.25) is 9.69 Å². The predicted octanol–water partition coefficient (Wildman–Crippen LogP) is 5.59. The maximum atomic E-state index is 13.3. The smallest absolute Gasteiger partial charge is 0.277 e. The fourth-order valence-electron chi connectivity index (χ4n) is 4.51. The monoisotopic (exact) mass is 471 g/mol. The van der Waals surface area contributed by atoms with E-state index < -0.39 is 0 Å². The van der Waals surface area contributed by atoms with Gasteiger partial charge in [-0.05, 0) is 80.9 Å². The number of thiocarbonyl (C=S) groups is 1. The standard InChI is InChI=1S/C23H26BrN3OS/c1-15-13-17(16(2)26(15)20-11-9-18(24)10-12-20)14-21-22(28)27(23(29)25(21)3)19-7-5-4-6-8-19/h9-14,19H,4-8H2,1-3H3/b21-14-. The molecule has 29 heavy (non-hydrogen) atoms. The van der Waals surface area contributed by atoms with Crippen LogP contribution in [0.15, 0.2) is 40.5 Å². The third-order valence-corrected chi connectivity index (χ3v) is 7.08. The Kier molecular flexibility index (Phi) is 5.67. The fraction of sp³-hybridized carbons (Fsp3) is 0.391. The molecular weight excluding hydrogens is 446 g/mol. The van der Waals surface area contributed by atoms with Crippen molar-refractivity contribution >= 4 is 45.2 Å². The van der Waals surface area contributed by atoms with Crippen LogP contribution in [0, 0.1) is 13.8 Å². The van der Waals surface area contributed by atoms with Gasteiger partial charge < -0.3 is 9.47 Å². The predicted molar refractivity (Wildman–Crippen MR) is 125 cm³/mol. The average molecular weight is 472 g/mol. The van der Waals surface area contributed by atoms with Crippen molar-refractivity contribution in [2.75, 3.05) is 7.05 Å². The summed E-state index contributed by atoms with van der Waals surface area (Å²) in [6.07, 6.45) is 7.69. The van der Waals surface area contributed by atoms with Crippen molar-refractivity contribution in [1.82, 2.24) is 14.4 Å². The first-order valence-electron chi connectivity index (χ1n) is 10.2. The zero-order valence-corrected chi connectivity index (χ0v) is 19.5. The molecule has 0 spiro atoms. The van der Waals surface area contributed by atoms with Crippen molar-refractivity contribution in [2.45, 2.75) is 52.0 Å². The van der Waals surface area contributed by atoms with Crippen molar-refractivity contribution in [3.05, 3.63) is 57.5 Å². The molecule has 1 aliphatic carbocycles. The number of rotatable bonds is 3. The summed E-state index contributed by atoms with van der Waals surface area (Å²) in [5.41, 5.74) is 5.07. The highest BCUT2D eigenvalue weighted by Gasteiger charge is 2.40. The lowest BCUT2D eigenvalue weighted by atomic mass is 9.94. The summed E-state index contributed by atoms with van der Waals surface area (Å²) >= 11 is 9.14. The summed E-state index contributed by atoms with van der Waals surface area (Å²) < 4.78 is 3.27. The number of benzene rings is 1. The number of aromatic nitrogens is 1. The molecule has 4 nitrogen and oxygen atoms in total. The van der Waals surface area contributed by atoms with Gasteiger partial charge in [-0.2, -0.15) is 0 Å². The Morgan fingerprint density at radius 1 is 1.10 bits per heavy atom. The lowest BCUT2D eigenvalue weighted by Gasteiger charge is -2.30. The third kappa shape index (κ3) is 3.68. The summed E-state index contributed by atoms with van der Waals surface area (Å²) in [5.74, 6) is 0.0397. The van der Waals surface area contributed by atoms with E-state index in [1.807, 2.05) is 35.1 Å². The van der Waals surface area contributed by atoms with Gasteiger partial charge in [0.2, 0.25) is 0 Å². The molecule has 0 unspecified atom stereocenters. The highest BCUT2D eigenvalue weighted by molar-refractivity contribution is 9.10. The lowest BCUT2D eigenvalue weighted by molar-refractivity contribution is -0.124. The molecule has 4 rings (SSSR count). The minimum absolute atomic E-state index is 0.0397. The minimum atomic E-state index is 0.0397. The Labute approximate surface area is 186 Å². The molecular formula is C23H26BrN3OS. The molecule has 6 heteroatoms. The van der Waals surface area contributed by atoms with Crippen LogP contribution in [0.3, 0.4) is 0 Å². The van der Waals surface area contributed by atoms with E-state index >= 15 is 0 Å². The number of aryl methyl sites for hydroxylation is 1. The van der Waals surface area contributed by atoms with E-state index in [0.717, 1.165) is 40.0 Å². The van der Waals surface area contributed by atoms with Gasteiger partial charge >= 0.3 is 0 Å². The highest BCUT2D eigenvalue weighted by atomic mass is 79.9. The Balaban J connectivity index is 1.69. The van der Waals surface area contributed by atoms with E-state index in [9.17, 15) is 4.79 Å². The van der Waals surface area contributed by atoms with Crippen LogP contribution in [0.5, 0.6) is 0 Å².